The molecule has 156 valence electrons. The fourth-order valence-electron chi connectivity index (χ4n) is 3.33. The molecule has 0 N–H and O–H groups in total. The minimum Gasteiger partial charge on any atom is -0.493 e. The minimum atomic E-state index is -0.390. The summed E-state index contributed by atoms with van der Waals surface area (Å²) in [4.78, 5) is 17.6. The van der Waals surface area contributed by atoms with Crippen LogP contribution >= 0.6 is 23.4 Å². The highest BCUT2D eigenvalue weighted by Gasteiger charge is 2.21. The zero-order chi connectivity index (χ0) is 21.0. The quantitative estimate of drug-likeness (QED) is 0.237. The third kappa shape index (κ3) is 5.58. The molecule has 1 saturated heterocycles. The van der Waals surface area contributed by atoms with Gasteiger partial charge in [0.05, 0.1) is 23.0 Å². The molecule has 1 fully saturated rings. The maximum Gasteiger partial charge on any atom is 0.210 e. The Hall–Kier alpha value is -1.92. The molecule has 1 atom stereocenters. The number of thioether (sulfide) groups is 1. The molecule has 1 amide bonds. The number of amides is 1. The number of benzene rings is 2. The summed E-state index contributed by atoms with van der Waals surface area (Å²) in [6, 6.07) is 8.17. The van der Waals surface area contributed by atoms with E-state index in [1.54, 1.807) is 12.0 Å². The molecule has 0 aromatic heterocycles. The van der Waals surface area contributed by atoms with Gasteiger partial charge in [0.15, 0.2) is 11.5 Å². The van der Waals surface area contributed by atoms with Gasteiger partial charge in [-0.15, -0.1) is 11.6 Å². The molecule has 0 spiro atoms. The number of carbonyl (C=O) groups excluding carboxylic acids is 1. The molecule has 0 aliphatic carbocycles. The predicted molar refractivity (Wildman–Crippen MR) is 122 cm³/mol. The molecular formula is C22H27ClN2O3S. The Balaban J connectivity index is 1.87. The summed E-state index contributed by atoms with van der Waals surface area (Å²) in [7, 11) is 1.64. The van der Waals surface area contributed by atoms with Gasteiger partial charge in [-0.3, -0.25) is 9.79 Å². The van der Waals surface area contributed by atoms with E-state index < -0.39 is 4.21 Å². The van der Waals surface area contributed by atoms with E-state index in [4.69, 9.17) is 21.1 Å². The van der Waals surface area contributed by atoms with E-state index in [-0.39, 0.29) is 6.04 Å². The third-order valence-electron chi connectivity index (χ3n) is 4.92. The van der Waals surface area contributed by atoms with Gasteiger partial charge in [-0.1, -0.05) is 11.8 Å². The molecule has 0 radical (unpaired) electrons. The molecule has 7 heteroatoms. The molecule has 1 unspecified atom stereocenters. The second-order valence-corrected chi connectivity index (χ2v) is 10.3. The summed E-state index contributed by atoms with van der Waals surface area (Å²) in [5, 5.41) is 2.08. The van der Waals surface area contributed by atoms with Crippen LogP contribution in [-0.4, -0.2) is 47.4 Å². The number of hydrogen-bond donors (Lipinski definition) is 0. The van der Waals surface area contributed by atoms with Crippen molar-refractivity contribution in [3.63, 3.8) is 0 Å². The molecule has 3 rings (SSSR count). The number of likely N-dealkylation sites (tertiary alicyclic amines) is 1. The van der Waals surface area contributed by atoms with Gasteiger partial charge in [-0.2, -0.15) is 0 Å². The largest absolute Gasteiger partial charge is 0.493 e. The van der Waals surface area contributed by atoms with Crippen LogP contribution in [0.3, 0.4) is 0 Å². The summed E-state index contributed by atoms with van der Waals surface area (Å²) in [6.07, 6.45) is 4.77. The standard InChI is InChI=1S/C22H27ClN2O3S/c1-15-8-16-10-20(27-4)21(28-14-29-22(2,3)23)11-17(16)9-19(15)24-12-18-6-5-7-25(18)13-26/h8-13,18H,5-7,14H2,1-4H3. The summed E-state index contributed by atoms with van der Waals surface area (Å²) >= 11 is 7.74. The van der Waals surface area contributed by atoms with Crippen LogP contribution in [0, 0.1) is 6.92 Å². The molecule has 1 aliphatic rings. The Morgan fingerprint density at radius 3 is 2.69 bits per heavy atom. The van der Waals surface area contributed by atoms with Gasteiger partial charge in [0, 0.05) is 12.8 Å². The fourth-order valence-corrected chi connectivity index (χ4v) is 3.93. The Kier molecular flexibility index (Phi) is 6.96. The number of halogens is 1. The van der Waals surface area contributed by atoms with Crippen LogP contribution in [0.15, 0.2) is 29.3 Å². The lowest BCUT2D eigenvalue weighted by Crippen LogP contribution is -2.28. The van der Waals surface area contributed by atoms with E-state index in [9.17, 15) is 4.79 Å². The number of methoxy groups -OCH3 is 1. The van der Waals surface area contributed by atoms with Gasteiger partial charge < -0.3 is 14.4 Å². The van der Waals surface area contributed by atoms with E-state index in [0.29, 0.717) is 17.4 Å². The summed E-state index contributed by atoms with van der Waals surface area (Å²) in [5.41, 5.74) is 1.96. The van der Waals surface area contributed by atoms with Crippen molar-refractivity contribution < 1.29 is 14.3 Å². The topological polar surface area (TPSA) is 51.1 Å². The van der Waals surface area contributed by atoms with Crippen LogP contribution in [0.5, 0.6) is 11.5 Å². The lowest BCUT2D eigenvalue weighted by molar-refractivity contribution is -0.117. The zero-order valence-electron chi connectivity index (χ0n) is 17.3. The Morgan fingerprint density at radius 2 is 2.00 bits per heavy atom. The average molecular weight is 435 g/mol. The van der Waals surface area contributed by atoms with E-state index in [1.165, 1.54) is 11.8 Å². The second-order valence-electron chi connectivity index (χ2n) is 7.59. The first kappa shape index (κ1) is 21.8. The van der Waals surface area contributed by atoms with E-state index in [2.05, 4.69) is 11.1 Å². The lowest BCUT2D eigenvalue weighted by Gasteiger charge is -2.17. The molecule has 2 aromatic rings. The zero-order valence-corrected chi connectivity index (χ0v) is 18.8. The highest BCUT2D eigenvalue weighted by Crippen LogP contribution is 2.37. The molecule has 0 saturated carbocycles. The maximum atomic E-state index is 11.1. The van der Waals surface area contributed by atoms with Gasteiger partial charge >= 0.3 is 0 Å². The van der Waals surface area contributed by atoms with Crippen LogP contribution in [0.2, 0.25) is 0 Å². The molecular weight excluding hydrogens is 408 g/mol. The van der Waals surface area contributed by atoms with E-state index >= 15 is 0 Å². The van der Waals surface area contributed by atoms with Crippen molar-refractivity contribution in [2.75, 3.05) is 19.6 Å². The van der Waals surface area contributed by atoms with E-state index in [0.717, 1.165) is 47.8 Å². The molecule has 2 aromatic carbocycles. The van der Waals surface area contributed by atoms with Crippen LogP contribution in [0.25, 0.3) is 10.8 Å². The summed E-state index contributed by atoms with van der Waals surface area (Å²) in [5.74, 6) is 1.79. The lowest BCUT2D eigenvalue weighted by atomic mass is 10.0. The van der Waals surface area contributed by atoms with Crippen molar-refractivity contribution in [1.82, 2.24) is 4.90 Å². The number of fused-ring (bicyclic) bond motifs is 1. The first-order valence-electron chi connectivity index (χ1n) is 9.64. The van der Waals surface area contributed by atoms with Gasteiger partial charge in [-0.05, 0) is 74.2 Å². The van der Waals surface area contributed by atoms with E-state index in [1.807, 2.05) is 45.2 Å². The van der Waals surface area contributed by atoms with Crippen LogP contribution in [-0.2, 0) is 4.79 Å². The summed E-state index contributed by atoms with van der Waals surface area (Å²) < 4.78 is 11.0. The number of aryl methyl sites for hydroxylation is 1. The summed E-state index contributed by atoms with van der Waals surface area (Å²) in [6.45, 7) is 6.70. The van der Waals surface area contributed by atoms with Crippen molar-refractivity contribution in [3.8, 4) is 11.5 Å². The Morgan fingerprint density at radius 1 is 1.28 bits per heavy atom. The Bertz CT molecular complexity index is 911. The van der Waals surface area contributed by atoms with Crippen LogP contribution in [0.4, 0.5) is 5.69 Å². The average Bonchev–Trinajstić information content (AvgIpc) is 3.12. The molecule has 5 nitrogen and oxygen atoms in total. The minimum absolute atomic E-state index is 0.0771. The molecule has 0 bridgehead atoms. The first-order chi connectivity index (χ1) is 13.8. The number of nitrogens with zero attached hydrogens (tertiary/aromatic N) is 2. The number of rotatable bonds is 8. The highest BCUT2D eigenvalue weighted by molar-refractivity contribution is 8.01. The van der Waals surface area contributed by atoms with Crippen LogP contribution < -0.4 is 9.47 Å². The number of carbonyl (C=O) groups is 1. The first-order valence-corrected chi connectivity index (χ1v) is 11.0. The van der Waals surface area contributed by atoms with Crippen molar-refractivity contribution in [2.45, 2.75) is 43.9 Å². The van der Waals surface area contributed by atoms with Gasteiger partial charge in [-0.25, -0.2) is 0 Å². The normalized spacial score (nSPS) is 17.3. The SMILES string of the molecule is COc1cc2cc(C)c(N=CC3CCCN3C=O)cc2cc1OCSC(C)(C)Cl. The number of ether oxygens (including phenoxy) is 2. The monoisotopic (exact) mass is 434 g/mol. The third-order valence-corrected chi connectivity index (χ3v) is 6.17. The molecule has 1 aliphatic heterocycles. The van der Waals surface area contributed by atoms with Crippen molar-refractivity contribution in [2.24, 2.45) is 4.99 Å². The molecule has 29 heavy (non-hydrogen) atoms. The van der Waals surface area contributed by atoms with Crippen molar-refractivity contribution in [1.29, 1.82) is 0 Å². The van der Waals surface area contributed by atoms with Gasteiger partial charge in [0.1, 0.15) is 5.94 Å². The number of hydrogen-bond acceptors (Lipinski definition) is 5. The predicted octanol–water partition coefficient (Wildman–Crippen LogP) is 5.52. The Labute approximate surface area is 181 Å². The van der Waals surface area contributed by atoms with Crippen molar-refractivity contribution in [3.05, 3.63) is 29.8 Å². The number of aliphatic imine (C=N–C) groups is 1. The fraction of sp³-hybridized carbons (Fsp3) is 0.455. The van der Waals surface area contributed by atoms with Gasteiger partial charge in [0.25, 0.3) is 0 Å². The second kappa shape index (κ2) is 9.26. The van der Waals surface area contributed by atoms with Gasteiger partial charge in [0.2, 0.25) is 6.41 Å². The maximum absolute atomic E-state index is 11.1. The smallest absolute Gasteiger partial charge is 0.210 e. The number of alkyl halides is 1. The highest BCUT2D eigenvalue weighted by atomic mass is 35.5. The molecule has 1 heterocycles. The van der Waals surface area contributed by atoms with Crippen LogP contribution in [0.1, 0.15) is 32.3 Å². The van der Waals surface area contributed by atoms with Crippen molar-refractivity contribution >= 4 is 52.4 Å².